The zero-order valence-corrected chi connectivity index (χ0v) is 11.7. The summed E-state index contributed by atoms with van der Waals surface area (Å²) < 4.78 is 0. The van der Waals surface area contributed by atoms with Crippen molar-refractivity contribution in [3.05, 3.63) is 39.4 Å². The molecule has 2 rings (SSSR count). The lowest BCUT2D eigenvalue weighted by Crippen LogP contribution is -2.48. The average molecular weight is 277 g/mol. The predicted octanol–water partition coefficient (Wildman–Crippen LogP) is 1.86. The van der Waals surface area contributed by atoms with Crippen LogP contribution in [-0.4, -0.2) is 34.4 Å². The minimum atomic E-state index is -0.457. The third kappa shape index (κ3) is 2.80. The number of amides is 1. The molecule has 1 aromatic carbocycles. The number of rotatable bonds is 2. The fraction of sp³-hybridized carbons (Fsp3) is 0.500. The highest BCUT2D eigenvalue weighted by Crippen LogP contribution is 2.23. The van der Waals surface area contributed by atoms with Crippen molar-refractivity contribution in [2.75, 3.05) is 6.54 Å². The second-order valence-corrected chi connectivity index (χ2v) is 5.39. The van der Waals surface area contributed by atoms with Crippen molar-refractivity contribution in [1.82, 2.24) is 4.90 Å². The SMILES string of the molecule is Cc1ccc(C(=O)N2CCC(N)CC2C)cc1[N+](=O)[O-]. The molecule has 1 saturated heterocycles. The van der Waals surface area contributed by atoms with Gasteiger partial charge in [0.1, 0.15) is 0 Å². The van der Waals surface area contributed by atoms with E-state index >= 15 is 0 Å². The predicted molar refractivity (Wildman–Crippen MR) is 75.5 cm³/mol. The Kier molecular flexibility index (Phi) is 4.04. The van der Waals surface area contributed by atoms with E-state index in [1.807, 2.05) is 6.92 Å². The first-order chi connectivity index (χ1) is 9.40. The smallest absolute Gasteiger partial charge is 0.273 e. The highest BCUT2D eigenvalue weighted by molar-refractivity contribution is 5.95. The van der Waals surface area contributed by atoms with E-state index in [1.165, 1.54) is 6.07 Å². The molecule has 2 atom stereocenters. The molecular formula is C14H19N3O3. The second-order valence-electron chi connectivity index (χ2n) is 5.39. The maximum absolute atomic E-state index is 12.5. The number of hydrogen-bond donors (Lipinski definition) is 1. The first kappa shape index (κ1) is 14.5. The number of aryl methyl sites for hydroxylation is 1. The van der Waals surface area contributed by atoms with E-state index in [0.717, 1.165) is 12.8 Å². The Morgan fingerprint density at radius 2 is 2.20 bits per heavy atom. The number of nitro benzene ring substituents is 1. The van der Waals surface area contributed by atoms with Crippen LogP contribution in [0.4, 0.5) is 5.69 Å². The lowest BCUT2D eigenvalue weighted by Gasteiger charge is -2.36. The number of nitro groups is 1. The van der Waals surface area contributed by atoms with Gasteiger partial charge in [-0.3, -0.25) is 14.9 Å². The van der Waals surface area contributed by atoms with E-state index in [-0.39, 0.29) is 23.7 Å². The Morgan fingerprint density at radius 1 is 1.50 bits per heavy atom. The Morgan fingerprint density at radius 3 is 2.80 bits per heavy atom. The maximum atomic E-state index is 12.5. The maximum Gasteiger partial charge on any atom is 0.273 e. The summed E-state index contributed by atoms with van der Waals surface area (Å²) in [7, 11) is 0. The number of carbonyl (C=O) groups is 1. The van der Waals surface area contributed by atoms with Crippen LogP contribution in [0.15, 0.2) is 18.2 Å². The van der Waals surface area contributed by atoms with Gasteiger partial charge in [0.25, 0.3) is 11.6 Å². The summed E-state index contributed by atoms with van der Waals surface area (Å²) in [6.45, 7) is 4.22. The second kappa shape index (κ2) is 5.58. The van der Waals surface area contributed by atoms with Gasteiger partial charge < -0.3 is 10.6 Å². The number of hydrogen-bond acceptors (Lipinski definition) is 4. The van der Waals surface area contributed by atoms with Crippen LogP contribution in [-0.2, 0) is 0 Å². The average Bonchev–Trinajstić information content (AvgIpc) is 2.38. The molecule has 1 amide bonds. The number of carbonyl (C=O) groups excluding carboxylic acids is 1. The molecule has 0 radical (unpaired) electrons. The van der Waals surface area contributed by atoms with Crippen LogP contribution in [0.2, 0.25) is 0 Å². The van der Waals surface area contributed by atoms with Crippen LogP contribution >= 0.6 is 0 Å². The first-order valence-corrected chi connectivity index (χ1v) is 6.71. The molecule has 1 heterocycles. The van der Waals surface area contributed by atoms with Gasteiger partial charge in [-0.1, -0.05) is 6.07 Å². The molecule has 108 valence electrons. The molecule has 6 heteroatoms. The first-order valence-electron chi connectivity index (χ1n) is 6.71. The van der Waals surface area contributed by atoms with Gasteiger partial charge in [-0.15, -0.1) is 0 Å². The van der Waals surface area contributed by atoms with E-state index in [4.69, 9.17) is 5.73 Å². The van der Waals surface area contributed by atoms with Crippen molar-refractivity contribution in [3.63, 3.8) is 0 Å². The third-order valence-corrected chi connectivity index (χ3v) is 3.83. The van der Waals surface area contributed by atoms with E-state index in [9.17, 15) is 14.9 Å². The standard InChI is InChI=1S/C14H19N3O3/c1-9-3-4-11(8-13(9)17(19)20)14(18)16-6-5-12(15)7-10(16)2/h3-4,8,10,12H,5-7,15H2,1-2H3. The Bertz CT molecular complexity index is 544. The molecule has 6 nitrogen and oxygen atoms in total. The summed E-state index contributed by atoms with van der Waals surface area (Å²) in [4.78, 5) is 24.7. The van der Waals surface area contributed by atoms with Gasteiger partial charge in [0.15, 0.2) is 0 Å². The summed E-state index contributed by atoms with van der Waals surface area (Å²) in [5.74, 6) is -0.160. The van der Waals surface area contributed by atoms with Crippen LogP contribution in [0.25, 0.3) is 0 Å². The third-order valence-electron chi connectivity index (χ3n) is 3.83. The molecule has 20 heavy (non-hydrogen) atoms. The van der Waals surface area contributed by atoms with Crippen LogP contribution in [0.5, 0.6) is 0 Å². The van der Waals surface area contributed by atoms with Gasteiger partial charge in [0, 0.05) is 35.8 Å². The topological polar surface area (TPSA) is 89.5 Å². The number of nitrogens with zero attached hydrogens (tertiary/aromatic N) is 2. The minimum absolute atomic E-state index is 0.0165. The molecule has 1 aliphatic rings. The van der Waals surface area contributed by atoms with Crippen molar-refractivity contribution >= 4 is 11.6 Å². The lowest BCUT2D eigenvalue weighted by molar-refractivity contribution is -0.385. The number of benzene rings is 1. The van der Waals surface area contributed by atoms with Crippen molar-refractivity contribution in [1.29, 1.82) is 0 Å². The normalized spacial score (nSPS) is 22.6. The van der Waals surface area contributed by atoms with Crippen LogP contribution < -0.4 is 5.73 Å². The van der Waals surface area contributed by atoms with E-state index in [1.54, 1.807) is 24.0 Å². The highest BCUT2D eigenvalue weighted by atomic mass is 16.6. The molecule has 1 fully saturated rings. The summed E-state index contributed by atoms with van der Waals surface area (Å²) in [5.41, 5.74) is 6.79. The zero-order chi connectivity index (χ0) is 14.9. The molecule has 1 aliphatic heterocycles. The molecule has 0 saturated carbocycles. The Hall–Kier alpha value is -1.95. The van der Waals surface area contributed by atoms with Gasteiger partial charge in [-0.05, 0) is 32.8 Å². The molecule has 1 aromatic rings. The molecule has 2 unspecified atom stereocenters. The van der Waals surface area contributed by atoms with Crippen molar-refractivity contribution in [3.8, 4) is 0 Å². The van der Waals surface area contributed by atoms with Gasteiger partial charge >= 0.3 is 0 Å². The van der Waals surface area contributed by atoms with E-state index in [0.29, 0.717) is 17.7 Å². The van der Waals surface area contributed by atoms with Crippen LogP contribution in [0.1, 0.15) is 35.7 Å². The largest absolute Gasteiger partial charge is 0.336 e. The fourth-order valence-corrected chi connectivity index (χ4v) is 2.62. The van der Waals surface area contributed by atoms with Crippen molar-refractivity contribution in [2.45, 2.75) is 38.8 Å². The number of piperidine rings is 1. The molecular weight excluding hydrogens is 258 g/mol. The summed E-state index contributed by atoms with van der Waals surface area (Å²) in [6.07, 6.45) is 1.53. The van der Waals surface area contributed by atoms with Gasteiger partial charge in [-0.25, -0.2) is 0 Å². The Balaban J connectivity index is 2.25. The quantitative estimate of drug-likeness (QED) is 0.660. The van der Waals surface area contributed by atoms with Crippen molar-refractivity contribution < 1.29 is 9.72 Å². The van der Waals surface area contributed by atoms with E-state index < -0.39 is 4.92 Å². The van der Waals surface area contributed by atoms with Crippen LogP contribution in [0, 0.1) is 17.0 Å². The van der Waals surface area contributed by atoms with Gasteiger partial charge in [0.05, 0.1) is 4.92 Å². The van der Waals surface area contributed by atoms with E-state index in [2.05, 4.69) is 0 Å². The summed E-state index contributed by atoms with van der Waals surface area (Å²) >= 11 is 0. The zero-order valence-electron chi connectivity index (χ0n) is 11.7. The molecule has 0 aliphatic carbocycles. The fourth-order valence-electron chi connectivity index (χ4n) is 2.62. The number of likely N-dealkylation sites (tertiary alicyclic amines) is 1. The minimum Gasteiger partial charge on any atom is -0.336 e. The molecule has 0 bridgehead atoms. The summed E-state index contributed by atoms with van der Waals surface area (Å²) in [5, 5.41) is 10.9. The monoisotopic (exact) mass is 277 g/mol. The molecule has 0 spiro atoms. The molecule has 2 N–H and O–H groups in total. The highest BCUT2D eigenvalue weighted by Gasteiger charge is 2.28. The molecule has 0 aromatic heterocycles. The van der Waals surface area contributed by atoms with Gasteiger partial charge in [0.2, 0.25) is 0 Å². The van der Waals surface area contributed by atoms with Crippen molar-refractivity contribution in [2.24, 2.45) is 5.73 Å². The lowest BCUT2D eigenvalue weighted by atomic mass is 9.98. The van der Waals surface area contributed by atoms with Gasteiger partial charge in [-0.2, -0.15) is 0 Å². The van der Waals surface area contributed by atoms with Crippen LogP contribution in [0.3, 0.4) is 0 Å². The Labute approximate surface area is 117 Å². The summed E-state index contributed by atoms with van der Waals surface area (Å²) in [6, 6.07) is 4.81. The number of nitrogens with two attached hydrogens (primary N) is 1.